The Balaban J connectivity index is 3.11. The molecule has 0 unspecified atom stereocenters. The van der Waals surface area contributed by atoms with Crippen LogP contribution in [0.3, 0.4) is 0 Å². The van der Waals surface area contributed by atoms with Crippen molar-refractivity contribution in [2.75, 3.05) is 608 Å². The molecule has 0 atom stereocenters. The molecule has 2 N–H and O–H groups in total. The van der Waals surface area contributed by atoms with Crippen LogP contribution in [0.4, 0.5) is 0 Å². The molecule has 141 heavy (non-hydrogen) atoms. The molecule has 0 aromatic heterocycles. The number of carbonyl (C=O) groups is 1. The summed E-state index contributed by atoms with van der Waals surface area (Å²) in [7, 11) is 1.31. The van der Waals surface area contributed by atoms with Gasteiger partial charge in [0.1, 0.15) is 6.61 Å². The maximum Gasteiger partial charge on any atom is 0.331 e. The van der Waals surface area contributed by atoms with Gasteiger partial charge in [-0.25, -0.2) is 4.79 Å². The van der Waals surface area contributed by atoms with E-state index in [0.29, 0.717) is 595 Å². The number of rotatable bonds is 136. The molecule has 0 aliphatic carbocycles. The molecular weight excluding hydrogens is 1880 g/mol. The van der Waals surface area contributed by atoms with E-state index in [1.807, 2.05) is 0 Å². The van der Waals surface area contributed by atoms with E-state index in [4.69, 9.17) is 219 Å². The van der Waals surface area contributed by atoms with Crippen LogP contribution in [-0.4, -0.2) is 614 Å². The number of carbonyl (C=O) groups excluding carboxylic acids is 1. The number of hydrogen-bond donors (Lipinski definition) is 1. The SMILES string of the molecule is COC(=O)COCCOCCOCCOCCOCCOCCOCCOCCOCCOCCOCCOCCOCCOCCOCCOCCOCCOCCOCCOCCOCCOCCOCCOCCOCCOCCOCCOCCOCCOCCOCCOCCOCCOCCOCCOCCOCCOCCOCCOCCOCCOCCOCCOCCOCCN. The molecule has 0 saturated carbocycles. The molecule has 48 heteroatoms. The van der Waals surface area contributed by atoms with E-state index in [9.17, 15) is 4.79 Å². The smallest absolute Gasteiger partial charge is 0.331 e. The summed E-state index contributed by atoms with van der Waals surface area (Å²) in [6.07, 6.45) is 0. The molecule has 846 valence electrons. The third kappa shape index (κ3) is 136. The van der Waals surface area contributed by atoms with Gasteiger partial charge in [-0.3, -0.25) is 0 Å². The Kier molecular flexibility index (Phi) is 133. The molecule has 0 spiro atoms. The molecule has 0 aromatic rings. The van der Waals surface area contributed by atoms with Crippen LogP contribution < -0.4 is 5.73 Å². The van der Waals surface area contributed by atoms with Gasteiger partial charge in [-0.2, -0.15) is 0 Å². The van der Waals surface area contributed by atoms with E-state index in [0.717, 1.165) is 0 Å². The number of ether oxygens (including phenoxy) is 46. The first-order valence-electron chi connectivity index (χ1n) is 50.1. The largest absolute Gasteiger partial charge is 0.467 e. The molecule has 0 rings (SSSR count). The van der Waals surface area contributed by atoms with Crippen molar-refractivity contribution in [3.05, 3.63) is 0 Å². The molecule has 48 nitrogen and oxygen atoms in total. The Morgan fingerprint density at radius 3 is 0.220 bits per heavy atom. The lowest BCUT2D eigenvalue weighted by molar-refractivity contribution is -0.146. The Morgan fingerprint density at radius 2 is 0.163 bits per heavy atom. The van der Waals surface area contributed by atoms with E-state index in [2.05, 4.69) is 4.74 Å². The summed E-state index contributed by atoms with van der Waals surface area (Å²) in [5.41, 5.74) is 5.36. The number of methoxy groups -OCH3 is 1. The summed E-state index contributed by atoms with van der Waals surface area (Å²) >= 11 is 0. The summed E-state index contributed by atoms with van der Waals surface area (Å²) in [6.45, 7) is 42.7. The first kappa shape index (κ1) is 139. The molecule has 0 aromatic carbocycles. The number of hydrogen-bond acceptors (Lipinski definition) is 48. The van der Waals surface area contributed by atoms with Crippen molar-refractivity contribution < 1.29 is 223 Å². The molecule has 0 saturated heterocycles. The van der Waals surface area contributed by atoms with Crippen LogP contribution in [0.25, 0.3) is 0 Å². The van der Waals surface area contributed by atoms with Gasteiger partial charge in [-0.1, -0.05) is 0 Å². The Labute approximate surface area is 839 Å². The maximum atomic E-state index is 10.9. The van der Waals surface area contributed by atoms with Gasteiger partial charge in [0, 0.05) is 6.54 Å². The second-order valence-electron chi connectivity index (χ2n) is 28.4. The van der Waals surface area contributed by atoms with Crippen LogP contribution in [-0.2, 0) is 223 Å². The minimum absolute atomic E-state index is 0.0823. The predicted octanol–water partition coefficient (Wildman–Crippen LogP) is -0.135. The lowest BCUT2D eigenvalue weighted by atomic mass is 10.6. The highest BCUT2D eigenvalue weighted by atomic mass is 16.7. The van der Waals surface area contributed by atoms with Crippen molar-refractivity contribution in [1.82, 2.24) is 0 Å². The zero-order chi connectivity index (χ0) is 100. The van der Waals surface area contributed by atoms with Crippen molar-refractivity contribution in [2.24, 2.45) is 5.73 Å². The van der Waals surface area contributed by atoms with Crippen LogP contribution in [0.2, 0.25) is 0 Å². The van der Waals surface area contributed by atoms with E-state index in [1.165, 1.54) is 7.11 Å². The lowest BCUT2D eigenvalue weighted by Crippen LogP contribution is -2.16. The Bertz CT molecular complexity index is 1990. The molecule has 0 aliphatic rings. The summed E-state index contributed by atoms with van der Waals surface area (Å²) in [5, 5.41) is 0. The zero-order valence-electron chi connectivity index (χ0n) is 85.6. The van der Waals surface area contributed by atoms with Crippen LogP contribution in [0.5, 0.6) is 0 Å². The van der Waals surface area contributed by atoms with Gasteiger partial charge in [-0.05, 0) is 0 Å². The minimum atomic E-state index is -0.417. The first-order valence-corrected chi connectivity index (χ1v) is 50.1. The summed E-state index contributed by atoms with van der Waals surface area (Å²) < 4.78 is 252. The van der Waals surface area contributed by atoms with Gasteiger partial charge < -0.3 is 224 Å². The Morgan fingerprint density at radius 1 is 0.106 bits per heavy atom. The average Bonchev–Trinajstić information content (AvgIpc) is 1.06. The predicted molar refractivity (Wildman–Crippen MR) is 508 cm³/mol. The zero-order valence-corrected chi connectivity index (χ0v) is 85.6. The topological polar surface area (TPSA) is 468 Å². The van der Waals surface area contributed by atoms with Crippen LogP contribution in [0, 0.1) is 0 Å². The highest BCUT2D eigenvalue weighted by molar-refractivity contribution is 5.70. The maximum absolute atomic E-state index is 10.9. The number of esters is 1. The standard InChI is InChI=1S/C93H187NO47/c1-96-93(95)92-141-91-90-140-89-88-139-87-86-138-85-84-137-83-82-136-81-80-135-79-78-134-77-76-133-75-74-132-73-72-131-71-70-130-69-68-129-67-66-128-65-64-127-63-62-126-61-60-125-59-58-124-57-56-123-55-54-122-53-52-121-51-50-120-49-48-119-47-46-118-45-44-117-43-42-116-41-40-115-39-38-114-37-36-113-35-34-112-33-32-111-31-30-110-29-28-109-27-26-108-25-24-107-23-22-106-21-20-105-19-18-104-17-16-103-15-14-102-13-12-101-11-10-100-9-8-99-7-6-98-5-4-97-3-2-94/h2-92,94H2,1H3. The fourth-order valence-electron chi connectivity index (χ4n) is 9.97. The van der Waals surface area contributed by atoms with Crippen molar-refractivity contribution in [2.45, 2.75) is 0 Å². The minimum Gasteiger partial charge on any atom is -0.467 e. The molecule has 0 aliphatic heterocycles. The quantitative estimate of drug-likeness (QED) is 0.0612. The third-order valence-corrected chi connectivity index (χ3v) is 17.1. The van der Waals surface area contributed by atoms with Gasteiger partial charge in [0.05, 0.1) is 595 Å². The van der Waals surface area contributed by atoms with Crippen LogP contribution >= 0.6 is 0 Å². The van der Waals surface area contributed by atoms with Gasteiger partial charge >= 0.3 is 5.97 Å². The highest BCUT2D eigenvalue weighted by Gasteiger charge is 2.07. The second kappa shape index (κ2) is 136. The van der Waals surface area contributed by atoms with E-state index in [1.54, 1.807) is 0 Å². The van der Waals surface area contributed by atoms with Crippen molar-refractivity contribution in [3.63, 3.8) is 0 Å². The average molecular weight is 2070 g/mol. The van der Waals surface area contributed by atoms with Gasteiger partial charge in [0.15, 0.2) is 0 Å². The molecule has 0 fully saturated rings. The summed E-state index contributed by atoms with van der Waals surface area (Å²) in [4.78, 5) is 10.9. The molecule has 0 bridgehead atoms. The van der Waals surface area contributed by atoms with Gasteiger partial charge in [-0.15, -0.1) is 0 Å². The highest BCUT2D eigenvalue weighted by Crippen LogP contribution is 1.98. The summed E-state index contributed by atoms with van der Waals surface area (Å²) in [5.74, 6) is -0.417. The molecule has 0 amide bonds. The molecular formula is C93H187NO47. The van der Waals surface area contributed by atoms with Crippen molar-refractivity contribution >= 4 is 5.97 Å². The lowest BCUT2D eigenvalue weighted by Gasteiger charge is -2.09. The van der Waals surface area contributed by atoms with E-state index >= 15 is 0 Å². The fraction of sp³-hybridized carbons (Fsp3) is 0.989. The van der Waals surface area contributed by atoms with Gasteiger partial charge in [0.2, 0.25) is 0 Å². The van der Waals surface area contributed by atoms with E-state index in [-0.39, 0.29) is 6.61 Å². The van der Waals surface area contributed by atoms with Gasteiger partial charge in [0.25, 0.3) is 0 Å². The summed E-state index contributed by atoms with van der Waals surface area (Å²) in [6, 6.07) is 0. The normalized spacial score (nSPS) is 11.8. The molecule has 0 heterocycles. The third-order valence-electron chi connectivity index (χ3n) is 17.1. The van der Waals surface area contributed by atoms with Crippen LogP contribution in [0.15, 0.2) is 0 Å². The van der Waals surface area contributed by atoms with Crippen LogP contribution in [0.1, 0.15) is 0 Å². The fourth-order valence-corrected chi connectivity index (χ4v) is 9.97. The van der Waals surface area contributed by atoms with E-state index < -0.39 is 5.97 Å². The second-order valence-corrected chi connectivity index (χ2v) is 28.4. The van der Waals surface area contributed by atoms with Crippen molar-refractivity contribution in [1.29, 1.82) is 0 Å². The monoisotopic (exact) mass is 2070 g/mol. The number of nitrogens with two attached hydrogens (primary N) is 1. The van der Waals surface area contributed by atoms with Crippen molar-refractivity contribution in [3.8, 4) is 0 Å². The first-order chi connectivity index (χ1) is 70.3. The Hall–Kier alpha value is -2.37. The molecule has 0 radical (unpaired) electrons.